The minimum atomic E-state index is 0.317. The zero-order chi connectivity index (χ0) is 7.45. The van der Waals surface area contributed by atoms with Gasteiger partial charge in [-0.05, 0) is 26.0 Å². The third-order valence-electron chi connectivity index (χ3n) is 1.94. The molecule has 2 nitrogen and oxygen atoms in total. The molecule has 1 aliphatic heterocycles. The molecule has 0 aromatic carbocycles. The average molecular weight is 161 g/mol. The van der Waals surface area contributed by atoms with E-state index in [0.29, 0.717) is 5.54 Å². The monoisotopic (exact) mass is 161 g/mol. The van der Waals surface area contributed by atoms with Gasteiger partial charge in [0.1, 0.15) is 0 Å². The van der Waals surface area contributed by atoms with E-state index in [1.54, 1.807) is 11.9 Å². The highest BCUT2D eigenvalue weighted by atomic mass is 32.2. The number of ether oxygens (including phenoxy) is 1. The third-order valence-corrected chi connectivity index (χ3v) is 2.64. The molecule has 1 rings (SSSR count). The summed E-state index contributed by atoms with van der Waals surface area (Å²) in [5.74, 6) is 0. The Morgan fingerprint density at radius 3 is 2.50 bits per heavy atom. The Morgan fingerprint density at radius 2 is 2.00 bits per heavy atom. The number of nitrogens with one attached hydrogen (secondary N) is 1. The molecule has 1 N–H and O–H groups in total. The van der Waals surface area contributed by atoms with E-state index in [1.807, 2.05) is 0 Å². The van der Waals surface area contributed by atoms with Crippen LogP contribution in [0.2, 0.25) is 0 Å². The molecule has 0 radical (unpaired) electrons. The van der Waals surface area contributed by atoms with Crippen LogP contribution in [0.3, 0.4) is 0 Å². The molecule has 0 spiro atoms. The van der Waals surface area contributed by atoms with Crippen molar-refractivity contribution in [1.29, 1.82) is 0 Å². The highest BCUT2D eigenvalue weighted by Crippen LogP contribution is 2.21. The van der Waals surface area contributed by atoms with Gasteiger partial charge in [-0.25, -0.2) is 0 Å². The van der Waals surface area contributed by atoms with Crippen molar-refractivity contribution in [3.8, 4) is 0 Å². The molecule has 1 heterocycles. The van der Waals surface area contributed by atoms with Crippen LogP contribution in [0.5, 0.6) is 0 Å². The van der Waals surface area contributed by atoms with E-state index < -0.39 is 0 Å². The molecule has 3 heteroatoms. The van der Waals surface area contributed by atoms with Crippen LogP contribution >= 0.6 is 11.9 Å². The van der Waals surface area contributed by atoms with Crippen molar-refractivity contribution in [3.05, 3.63) is 0 Å². The predicted molar refractivity (Wildman–Crippen MR) is 45.1 cm³/mol. The number of hydrogen-bond acceptors (Lipinski definition) is 3. The van der Waals surface area contributed by atoms with E-state index in [1.165, 1.54) is 0 Å². The average Bonchev–Trinajstić information content (AvgIpc) is 1.89. The molecule has 1 fully saturated rings. The van der Waals surface area contributed by atoms with Crippen molar-refractivity contribution >= 4 is 11.9 Å². The van der Waals surface area contributed by atoms with Crippen LogP contribution < -0.4 is 4.72 Å². The summed E-state index contributed by atoms with van der Waals surface area (Å²) < 4.78 is 8.66. The minimum Gasteiger partial charge on any atom is -0.381 e. The van der Waals surface area contributed by atoms with Gasteiger partial charge in [-0.15, -0.1) is 0 Å². The Hall–Kier alpha value is 0.270. The first kappa shape index (κ1) is 8.37. The second kappa shape index (κ2) is 3.60. The van der Waals surface area contributed by atoms with E-state index in [2.05, 4.69) is 17.9 Å². The van der Waals surface area contributed by atoms with Gasteiger partial charge in [0.25, 0.3) is 0 Å². The lowest BCUT2D eigenvalue weighted by atomic mass is 9.94. The smallest absolute Gasteiger partial charge is 0.0483 e. The normalized spacial score (nSPS) is 24.6. The van der Waals surface area contributed by atoms with Gasteiger partial charge in [-0.1, -0.05) is 11.9 Å². The first-order valence-corrected chi connectivity index (χ1v) is 4.87. The molecular formula is C7H15NOS. The molecule has 0 amide bonds. The van der Waals surface area contributed by atoms with Gasteiger partial charge < -0.3 is 4.74 Å². The van der Waals surface area contributed by atoms with Gasteiger partial charge in [-0.2, -0.15) is 0 Å². The lowest BCUT2D eigenvalue weighted by Gasteiger charge is -2.33. The molecule has 0 aromatic heterocycles. The highest BCUT2D eigenvalue weighted by Gasteiger charge is 2.25. The Labute approximate surface area is 66.8 Å². The van der Waals surface area contributed by atoms with Gasteiger partial charge in [0.2, 0.25) is 0 Å². The van der Waals surface area contributed by atoms with Crippen LogP contribution in [0, 0.1) is 0 Å². The summed E-state index contributed by atoms with van der Waals surface area (Å²) >= 11 is 1.70. The molecule has 1 aliphatic rings. The van der Waals surface area contributed by atoms with Crippen molar-refractivity contribution in [2.75, 3.05) is 19.5 Å². The van der Waals surface area contributed by atoms with Gasteiger partial charge in [0, 0.05) is 18.8 Å². The maximum absolute atomic E-state index is 5.26. The van der Waals surface area contributed by atoms with Crippen molar-refractivity contribution < 1.29 is 4.74 Å². The van der Waals surface area contributed by atoms with Crippen LogP contribution in [0.1, 0.15) is 19.8 Å². The molecule has 0 bridgehead atoms. The van der Waals surface area contributed by atoms with Gasteiger partial charge in [0.05, 0.1) is 0 Å². The van der Waals surface area contributed by atoms with Crippen molar-refractivity contribution in [2.45, 2.75) is 25.3 Å². The van der Waals surface area contributed by atoms with Gasteiger partial charge >= 0.3 is 0 Å². The molecule has 10 heavy (non-hydrogen) atoms. The number of hydrogen-bond donors (Lipinski definition) is 1. The van der Waals surface area contributed by atoms with Gasteiger partial charge in [-0.3, -0.25) is 4.72 Å². The zero-order valence-corrected chi connectivity index (χ0v) is 7.46. The molecule has 0 aromatic rings. The fourth-order valence-corrected chi connectivity index (χ4v) is 1.87. The maximum atomic E-state index is 5.26. The van der Waals surface area contributed by atoms with Crippen LogP contribution in [0.15, 0.2) is 0 Å². The van der Waals surface area contributed by atoms with E-state index in [-0.39, 0.29) is 0 Å². The summed E-state index contributed by atoms with van der Waals surface area (Å²) in [4.78, 5) is 0. The zero-order valence-electron chi connectivity index (χ0n) is 6.64. The Balaban J connectivity index is 2.32. The second-order valence-electron chi connectivity index (χ2n) is 2.98. The SMILES string of the molecule is CSNC1(C)CCOCC1. The summed E-state index contributed by atoms with van der Waals surface area (Å²) in [6, 6.07) is 0. The lowest BCUT2D eigenvalue weighted by Crippen LogP contribution is -2.43. The number of rotatable bonds is 2. The summed E-state index contributed by atoms with van der Waals surface area (Å²) in [6.45, 7) is 4.07. The summed E-state index contributed by atoms with van der Waals surface area (Å²) in [5.41, 5.74) is 0.317. The van der Waals surface area contributed by atoms with E-state index in [0.717, 1.165) is 26.1 Å². The first-order valence-electron chi connectivity index (χ1n) is 3.65. The Bertz CT molecular complexity index is 96.3. The van der Waals surface area contributed by atoms with Crippen molar-refractivity contribution in [1.82, 2.24) is 4.72 Å². The standard InChI is InChI=1S/C7H15NOS/c1-7(8-10-2)3-5-9-6-4-7/h8H,3-6H2,1-2H3. The van der Waals surface area contributed by atoms with Crippen LogP contribution in [0.4, 0.5) is 0 Å². The summed E-state index contributed by atoms with van der Waals surface area (Å²) in [6.07, 6.45) is 4.34. The molecule has 0 aliphatic carbocycles. The van der Waals surface area contributed by atoms with Gasteiger partial charge in [0.15, 0.2) is 0 Å². The second-order valence-corrected chi connectivity index (χ2v) is 3.59. The van der Waals surface area contributed by atoms with Crippen LogP contribution in [-0.2, 0) is 4.74 Å². The molecule has 0 saturated carbocycles. The minimum absolute atomic E-state index is 0.317. The molecule has 1 saturated heterocycles. The van der Waals surface area contributed by atoms with E-state index >= 15 is 0 Å². The first-order chi connectivity index (χ1) is 4.77. The largest absolute Gasteiger partial charge is 0.381 e. The van der Waals surface area contributed by atoms with E-state index in [4.69, 9.17) is 4.74 Å². The third kappa shape index (κ3) is 2.15. The fraction of sp³-hybridized carbons (Fsp3) is 1.00. The quantitative estimate of drug-likeness (QED) is 0.619. The van der Waals surface area contributed by atoms with Crippen LogP contribution in [-0.4, -0.2) is 25.0 Å². The fourth-order valence-electron chi connectivity index (χ4n) is 1.17. The molecule has 0 atom stereocenters. The Morgan fingerprint density at radius 1 is 1.40 bits per heavy atom. The summed E-state index contributed by atoms with van der Waals surface area (Å²) in [5, 5.41) is 0. The summed E-state index contributed by atoms with van der Waals surface area (Å²) in [7, 11) is 0. The maximum Gasteiger partial charge on any atom is 0.0483 e. The topological polar surface area (TPSA) is 21.3 Å². The van der Waals surface area contributed by atoms with Crippen LogP contribution in [0.25, 0.3) is 0 Å². The lowest BCUT2D eigenvalue weighted by molar-refractivity contribution is 0.0547. The molecule has 60 valence electrons. The predicted octanol–water partition coefficient (Wildman–Crippen LogP) is 1.42. The van der Waals surface area contributed by atoms with Crippen molar-refractivity contribution in [2.24, 2.45) is 0 Å². The Kier molecular flexibility index (Phi) is 3.01. The highest BCUT2D eigenvalue weighted by molar-refractivity contribution is 7.96. The van der Waals surface area contributed by atoms with E-state index in [9.17, 15) is 0 Å². The van der Waals surface area contributed by atoms with Crippen molar-refractivity contribution in [3.63, 3.8) is 0 Å². The molecular weight excluding hydrogens is 146 g/mol. The molecule has 0 unspecified atom stereocenters.